The molecule has 4 nitrogen and oxygen atoms in total. The van der Waals surface area contributed by atoms with Gasteiger partial charge in [0.1, 0.15) is 6.54 Å². The summed E-state index contributed by atoms with van der Waals surface area (Å²) in [7, 11) is 0. The number of nitrogens with zero attached hydrogens (tertiary/aromatic N) is 2. The first-order valence-corrected chi connectivity index (χ1v) is 9.62. The molecule has 2 aromatic carbocycles. The van der Waals surface area contributed by atoms with Gasteiger partial charge in [0.05, 0.1) is 0 Å². The van der Waals surface area contributed by atoms with Crippen LogP contribution in [0, 0.1) is 12.8 Å². The van der Waals surface area contributed by atoms with E-state index in [-0.39, 0.29) is 24.4 Å². The standard InChI is InChI=1S/C23H28N2O2/c1-16(2)12-19-8-10-20(11-9-19)23(27)24-15-22(26)25(14-18(24)4)21-7-5-6-17(3)13-21/h5-11,13,16,18H,12,14-15H2,1-4H3/t18-/m1/s1. The molecule has 1 fully saturated rings. The number of aryl methyl sites for hydroxylation is 1. The molecule has 1 aliphatic heterocycles. The lowest BCUT2D eigenvalue weighted by molar-refractivity contribution is -0.121. The van der Waals surface area contributed by atoms with Gasteiger partial charge in [0.15, 0.2) is 0 Å². The van der Waals surface area contributed by atoms with Gasteiger partial charge in [-0.05, 0) is 61.6 Å². The lowest BCUT2D eigenvalue weighted by Crippen LogP contribution is -2.57. The van der Waals surface area contributed by atoms with Gasteiger partial charge in [0, 0.05) is 23.8 Å². The molecule has 142 valence electrons. The Morgan fingerprint density at radius 1 is 1.15 bits per heavy atom. The van der Waals surface area contributed by atoms with E-state index in [0.717, 1.165) is 17.7 Å². The van der Waals surface area contributed by atoms with E-state index >= 15 is 0 Å². The average Bonchev–Trinajstić information content (AvgIpc) is 2.63. The molecule has 2 aromatic rings. The van der Waals surface area contributed by atoms with Gasteiger partial charge >= 0.3 is 0 Å². The molecule has 0 bridgehead atoms. The summed E-state index contributed by atoms with van der Waals surface area (Å²) in [5, 5.41) is 0. The number of hydrogen-bond donors (Lipinski definition) is 0. The lowest BCUT2D eigenvalue weighted by Gasteiger charge is -2.39. The number of carbonyl (C=O) groups is 2. The van der Waals surface area contributed by atoms with E-state index < -0.39 is 0 Å². The number of piperazine rings is 1. The molecule has 1 heterocycles. The van der Waals surface area contributed by atoms with Crippen LogP contribution in [0.3, 0.4) is 0 Å². The Labute approximate surface area is 161 Å². The molecule has 0 radical (unpaired) electrons. The van der Waals surface area contributed by atoms with Crippen LogP contribution >= 0.6 is 0 Å². The summed E-state index contributed by atoms with van der Waals surface area (Å²) in [6.45, 7) is 9.00. The van der Waals surface area contributed by atoms with Crippen molar-refractivity contribution in [1.82, 2.24) is 4.90 Å². The second-order valence-corrected chi connectivity index (χ2v) is 7.92. The van der Waals surface area contributed by atoms with Crippen molar-refractivity contribution in [2.45, 2.75) is 40.2 Å². The maximum absolute atomic E-state index is 12.9. The number of carbonyl (C=O) groups excluding carboxylic acids is 2. The maximum atomic E-state index is 12.9. The zero-order chi connectivity index (χ0) is 19.6. The van der Waals surface area contributed by atoms with Gasteiger partial charge in [-0.25, -0.2) is 0 Å². The van der Waals surface area contributed by atoms with Crippen molar-refractivity contribution < 1.29 is 9.59 Å². The molecule has 1 aliphatic rings. The Kier molecular flexibility index (Phi) is 5.64. The molecule has 0 saturated carbocycles. The number of benzene rings is 2. The molecule has 1 saturated heterocycles. The first kappa shape index (κ1) is 19.2. The van der Waals surface area contributed by atoms with Gasteiger partial charge in [0.25, 0.3) is 5.91 Å². The van der Waals surface area contributed by atoms with Crippen LogP contribution in [0.1, 0.15) is 42.3 Å². The van der Waals surface area contributed by atoms with Gasteiger partial charge in [-0.1, -0.05) is 38.1 Å². The van der Waals surface area contributed by atoms with Crippen LogP contribution in [-0.4, -0.2) is 35.8 Å². The molecule has 1 atom stereocenters. The topological polar surface area (TPSA) is 40.6 Å². The monoisotopic (exact) mass is 364 g/mol. The molecule has 0 unspecified atom stereocenters. The number of hydrogen-bond acceptors (Lipinski definition) is 2. The second-order valence-electron chi connectivity index (χ2n) is 7.92. The average molecular weight is 364 g/mol. The minimum absolute atomic E-state index is 0.0361. The fourth-order valence-corrected chi connectivity index (χ4v) is 3.59. The van der Waals surface area contributed by atoms with Gasteiger partial charge < -0.3 is 9.80 Å². The van der Waals surface area contributed by atoms with E-state index in [4.69, 9.17) is 0 Å². The third-order valence-electron chi connectivity index (χ3n) is 5.00. The molecular formula is C23H28N2O2. The van der Waals surface area contributed by atoms with Crippen LogP contribution in [0.25, 0.3) is 0 Å². The Morgan fingerprint density at radius 3 is 2.48 bits per heavy atom. The summed E-state index contributed by atoms with van der Waals surface area (Å²) in [6, 6.07) is 15.7. The SMILES string of the molecule is Cc1cccc(N2C[C@@H](C)N(C(=O)c3ccc(CC(C)C)cc3)CC2=O)c1. The molecule has 0 aromatic heterocycles. The minimum atomic E-state index is -0.0733. The van der Waals surface area contributed by atoms with E-state index in [9.17, 15) is 9.59 Å². The molecule has 2 amide bonds. The predicted molar refractivity (Wildman–Crippen MR) is 109 cm³/mol. The summed E-state index contributed by atoms with van der Waals surface area (Å²) in [4.78, 5) is 29.1. The summed E-state index contributed by atoms with van der Waals surface area (Å²) < 4.78 is 0. The molecule has 0 N–H and O–H groups in total. The van der Waals surface area contributed by atoms with E-state index in [1.807, 2.05) is 62.4 Å². The third-order valence-corrected chi connectivity index (χ3v) is 5.00. The Bertz CT molecular complexity index is 827. The fourth-order valence-electron chi connectivity index (χ4n) is 3.59. The highest BCUT2D eigenvalue weighted by atomic mass is 16.2. The highest BCUT2D eigenvalue weighted by Crippen LogP contribution is 2.22. The largest absolute Gasteiger partial charge is 0.325 e. The Hall–Kier alpha value is -2.62. The summed E-state index contributed by atoms with van der Waals surface area (Å²) in [5.41, 5.74) is 3.89. The maximum Gasteiger partial charge on any atom is 0.254 e. The van der Waals surface area contributed by atoms with Crippen molar-refractivity contribution in [2.24, 2.45) is 5.92 Å². The van der Waals surface area contributed by atoms with Crippen molar-refractivity contribution in [3.63, 3.8) is 0 Å². The van der Waals surface area contributed by atoms with Gasteiger partial charge in [-0.3, -0.25) is 9.59 Å². The summed E-state index contributed by atoms with van der Waals surface area (Å²) in [5.74, 6) is 0.471. The molecule has 0 aliphatic carbocycles. The van der Waals surface area contributed by atoms with Gasteiger partial charge in [-0.15, -0.1) is 0 Å². The van der Waals surface area contributed by atoms with Gasteiger partial charge in [-0.2, -0.15) is 0 Å². The zero-order valence-electron chi connectivity index (χ0n) is 16.6. The Morgan fingerprint density at radius 2 is 1.85 bits per heavy atom. The molecular weight excluding hydrogens is 336 g/mol. The molecule has 27 heavy (non-hydrogen) atoms. The minimum Gasteiger partial charge on any atom is -0.325 e. The van der Waals surface area contributed by atoms with Crippen molar-refractivity contribution in [3.8, 4) is 0 Å². The highest BCUT2D eigenvalue weighted by molar-refractivity contribution is 6.02. The van der Waals surface area contributed by atoms with Crippen LogP contribution in [0.5, 0.6) is 0 Å². The summed E-state index contributed by atoms with van der Waals surface area (Å²) in [6.07, 6.45) is 0.999. The second kappa shape index (κ2) is 7.95. The quantitative estimate of drug-likeness (QED) is 0.820. The van der Waals surface area contributed by atoms with Gasteiger partial charge in [0.2, 0.25) is 5.91 Å². The number of amides is 2. The van der Waals surface area contributed by atoms with E-state index in [1.165, 1.54) is 5.56 Å². The molecule has 3 rings (SSSR count). The van der Waals surface area contributed by atoms with E-state index in [2.05, 4.69) is 13.8 Å². The van der Waals surface area contributed by atoms with E-state index in [1.54, 1.807) is 9.80 Å². The Balaban J connectivity index is 1.73. The predicted octanol–water partition coefficient (Wildman–Crippen LogP) is 4.07. The number of rotatable bonds is 4. The van der Waals surface area contributed by atoms with E-state index in [0.29, 0.717) is 18.0 Å². The van der Waals surface area contributed by atoms with Crippen molar-refractivity contribution in [3.05, 3.63) is 65.2 Å². The van der Waals surface area contributed by atoms with Crippen molar-refractivity contribution >= 4 is 17.5 Å². The normalized spacial score (nSPS) is 17.5. The van der Waals surface area contributed by atoms with Crippen LogP contribution in [0.4, 0.5) is 5.69 Å². The number of anilines is 1. The summed E-state index contributed by atoms with van der Waals surface area (Å²) >= 11 is 0. The molecule has 4 heteroatoms. The fraction of sp³-hybridized carbons (Fsp3) is 0.391. The zero-order valence-corrected chi connectivity index (χ0v) is 16.6. The molecule has 0 spiro atoms. The van der Waals surface area contributed by atoms with Crippen molar-refractivity contribution in [2.75, 3.05) is 18.0 Å². The van der Waals surface area contributed by atoms with Crippen LogP contribution in [0.15, 0.2) is 48.5 Å². The third kappa shape index (κ3) is 4.38. The first-order chi connectivity index (χ1) is 12.8. The van der Waals surface area contributed by atoms with Crippen LogP contribution in [0.2, 0.25) is 0 Å². The van der Waals surface area contributed by atoms with Crippen LogP contribution < -0.4 is 4.90 Å². The van der Waals surface area contributed by atoms with Crippen molar-refractivity contribution in [1.29, 1.82) is 0 Å². The van der Waals surface area contributed by atoms with Crippen LogP contribution in [-0.2, 0) is 11.2 Å². The highest BCUT2D eigenvalue weighted by Gasteiger charge is 2.33. The first-order valence-electron chi connectivity index (χ1n) is 9.62. The lowest BCUT2D eigenvalue weighted by atomic mass is 10.0. The smallest absolute Gasteiger partial charge is 0.254 e.